The standard InChI is InChI=1S/C13H17NO/c1-2-3-4-5-13(15)7-6-12-8-10-14-11-9-12/h6-11H,2-5H2,1H3/b7-6+. The molecule has 0 N–H and O–H groups in total. The number of nitrogens with zero attached hydrogens (tertiary/aromatic N) is 1. The molecule has 0 aliphatic rings. The van der Waals surface area contributed by atoms with Crippen LogP contribution in [0.1, 0.15) is 38.2 Å². The van der Waals surface area contributed by atoms with Crippen molar-refractivity contribution in [3.63, 3.8) is 0 Å². The average molecular weight is 203 g/mol. The Morgan fingerprint density at radius 3 is 2.73 bits per heavy atom. The molecule has 0 spiro atoms. The number of unbranched alkanes of at least 4 members (excludes halogenated alkanes) is 2. The van der Waals surface area contributed by atoms with E-state index in [9.17, 15) is 4.79 Å². The summed E-state index contributed by atoms with van der Waals surface area (Å²) in [6.45, 7) is 2.14. The van der Waals surface area contributed by atoms with Crippen molar-refractivity contribution < 1.29 is 4.79 Å². The van der Waals surface area contributed by atoms with Crippen LogP contribution in [0.15, 0.2) is 30.6 Å². The number of carbonyl (C=O) groups is 1. The van der Waals surface area contributed by atoms with E-state index in [1.165, 1.54) is 0 Å². The van der Waals surface area contributed by atoms with Gasteiger partial charge in [0.2, 0.25) is 0 Å². The third kappa shape index (κ3) is 5.11. The van der Waals surface area contributed by atoms with Gasteiger partial charge in [-0.2, -0.15) is 0 Å². The van der Waals surface area contributed by atoms with Gasteiger partial charge in [-0.15, -0.1) is 0 Å². The van der Waals surface area contributed by atoms with Gasteiger partial charge in [0.1, 0.15) is 0 Å². The van der Waals surface area contributed by atoms with Gasteiger partial charge in [0.05, 0.1) is 0 Å². The van der Waals surface area contributed by atoms with Crippen LogP contribution in [0.2, 0.25) is 0 Å². The lowest BCUT2D eigenvalue weighted by molar-refractivity contribution is -0.114. The number of pyridine rings is 1. The largest absolute Gasteiger partial charge is 0.295 e. The molecule has 15 heavy (non-hydrogen) atoms. The molecule has 0 aromatic carbocycles. The van der Waals surface area contributed by atoms with Crippen LogP contribution in [0.25, 0.3) is 6.08 Å². The molecule has 0 saturated carbocycles. The molecule has 0 fully saturated rings. The van der Waals surface area contributed by atoms with Gasteiger partial charge in [0, 0.05) is 18.8 Å². The highest BCUT2D eigenvalue weighted by Gasteiger charge is 1.95. The van der Waals surface area contributed by atoms with E-state index in [0.29, 0.717) is 6.42 Å². The van der Waals surface area contributed by atoms with Gasteiger partial charge in [0.15, 0.2) is 5.78 Å². The molecule has 1 heterocycles. The fraction of sp³-hybridized carbons (Fsp3) is 0.385. The Morgan fingerprint density at radius 2 is 2.07 bits per heavy atom. The van der Waals surface area contributed by atoms with Crippen LogP contribution in [-0.2, 0) is 4.79 Å². The van der Waals surface area contributed by atoms with Crippen molar-refractivity contribution in [2.45, 2.75) is 32.6 Å². The van der Waals surface area contributed by atoms with Crippen LogP contribution in [0, 0.1) is 0 Å². The summed E-state index contributed by atoms with van der Waals surface area (Å²) in [5.41, 5.74) is 1.02. The molecule has 0 bridgehead atoms. The number of carbonyl (C=O) groups excluding carboxylic acids is 1. The Kier molecular flexibility index (Phi) is 5.38. The summed E-state index contributed by atoms with van der Waals surface area (Å²) >= 11 is 0. The third-order valence-corrected chi connectivity index (χ3v) is 2.19. The molecule has 0 unspecified atom stereocenters. The average Bonchev–Trinajstić information content (AvgIpc) is 2.28. The van der Waals surface area contributed by atoms with E-state index in [1.54, 1.807) is 18.5 Å². The normalized spacial score (nSPS) is 10.7. The van der Waals surface area contributed by atoms with Gasteiger partial charge in [-0.1, -0.05) is 25.8 Å². The van der Waals surface area contributed by atoms with E-state index < -0.39 is 0 Å². The van der Waals surface area contributed by atoms with E-state index >= 15 is 0 Å². The minimum atomic E-state index is 0.209. The summed E-state index contributed by atoms with van der Waals surface area (Å²) in [6.07, 6.45) is 10.9. The smallest absolute Gasteiger partial charge is 0.155 e. The Hall–Kier alpha value is -1.44. The van der Waals surface area contributed by atoms with Crippen molar-refractivity contribution in [3.8, 4) is 0 Å². The monoisotopic (exact) mass is 203 g/mol. The van der Waals surface area contributed by atoms with Crippen molar-refractivity contribution in [2.24, 2.45) is 0 Å². The SMILES string of the molecule is CCCCCC(=O)/C=C/c1ccncc1. The van der Waals surface area contributed by atoms with Crippen molar-refractivity contribution in [3.05, 3.63) is 36.2 Å². The number of rotatable bonds is 6. The molecule has 0 atom stereocenters. The van der Waals surface area contributed by atoms with Crippen molar-refractivity contribution >= 4 is 11.9 Å². The highest BCUT2D eigenvalue weighted by molar-refractivity contribution is 5.93. The maximum atomic E-state index is 11.4. The van der Waals surface area contributed by atoms with Crippen molar-refractivity contribution in [1.82, 2.24) is 4.98 Å². The summed E-state index contributed by atoms with van der Waals surface area (Å²) in [7, 11) is 0. The fourth-order valence-corrected chi connectivity index (χ4v) is 1.30. The maximum Gasteiger partial charge on any atom is 0.155 e. The van der Waals surface area contributed by atoms with Gasteiger partial charge < -0.3 is 0 Å². The predicted molar refractivity (Wildman–Crippen MR) is 62.4 cm³/mol. The Labute approximate surface area is 91.0 Å². The maximum absolute atomic E-state index is 11.4. The molecule has 1 rings (SSSR count). The summed E-state index contributed by atoms with van der Waals surface area (Å²) in [4.78, 5) is 15.3. The second kappa shape index (κ2) is 6.93. The lowest BCUT2D eigenvalue weighted by Crippen LogP contribution is -1.91. The quantitative estimate of drug-likeness (QED) is 0.524. The second-order valence-corrected chi connectivity index (χ2v) is 3.54. The second-order valence-electron chi connectivity index (χ2n) is 3.54. The molecule has 0 saturated heterocycles. The molecule has 2 heteroatoms. The van der Waals surface area contributed by atoms with Crippen molar-refractivity contribution in [2.75, 3.05) is 0 Å². The molecule has 0 amide bonds. The number of ketones is 1. The first-order valence-electron chi connectivity index (χ1n) is 5.44. The highest BCUT2D eigenvalue weighted by Crippen LogP contribution is 2.03. The molecule has 0 radical (unpaired) electrons. The molecule has 2 nitrogen and oxygen atoms in total. The molecular weight excluding hydrogens is 186 g/mol. The number of hydrogen-bond acceptors (Lipinski definition) is 2. The van der Waals surface area contributed by atoms with Crippen LogP contribution in [-0.4, -0.2) is 10.8 Å². The van der Waals surface area contributed by atoms with Crippen LogP contribution in [0.3, 0.4) is 0 Å². The van der Waals surface area contributed by atoms with Crippen LogP contribution < -0.4 is 0 Å². The predicted octanol–water partition coefficient (Wildman–Crippen LogP) is 3.24. The first kappa shape index (κ1) is 11.6. The van der Waals surface area contributed by atoms with E-state index in [4.69, 9.17) is 0 Å². The third-order valence-electron chi connectivity index (χ3n) is 2.19. The summed E-state index contributed by atoms with van der Waals surface area (Å²) in [5.74, 6) is 0.209. The fourth-order valence-electron chi connectivity index (χ4n) is 1.30. The number of hydrogen-bond donors (Lipinski definition) is 0. The lowest BCUT2D eigenvalue weighted by Gasteiger charge is -1.94. The Morgan fingerprint density at radius 1 is 1.33 bits per heavy atom. The first-order chi connectivity index (χ1) is 7.33. The minimum Gasteiger partial charge on any atom is -0.295 e. The first-order valence-corrected chi connectivity index (χ1v) is 5.44. The number of aromatic nitrogens is 1. The summed E-state index contributed by atoms with van der Waals surface area (Å²) in [5, 5.41) is 0. The summed E-state index contributed by atoms with van der Waals surface area (Å²) in [6, 6.07) is 3.77. The van der Waals surface area contributed by atoms with Crippen LogP contribution in [0.5, 0.6) is 0 Å². The van der Waals surface area contributed by atoms with Gasteiger partial charge in [-0.05, 0) is 30.2 Å². The minimum absolute atomic E-state index is 0.209. The molecular formula is C13H17NO. The van der Waals surface area contributed by atoms with E-state index in [1.807, 2.05) is 18.2 Å². The van der Waals surface area contributed by atoms with Gasteiger partial charge in [-0.25, -0.2) is 0 Å². The van der Waals surface area contributed by atoms with E-state index in [-0.39, 0.29) is 5.78 Å². The molecule has 1 aromatic rings. The van der Waals surface area contributed by atoms with Crippen molar-refractivity contribution in [1.29, 1.82) is 0 Å². The zero-order chi connectivity index (χ0) is 10.9. The topological polar surface area (TPSA) is 30.0 Å². The van der Waals surface area contributed by atoms with E-state index in [0.717, 1.165) is 24.8 Å². The van der Waals surface area contributed by atoms with Gasteiger partial charge in [0.25, 0.3) is 0 Å². The zero-order valence-corrected chi connectivity index (χ0v) is 9.15. The Bertz CT molecular complexity index is 317. The molecule has 1 aromatic heterocycles. The van der Waals surface area contributed by atoms with E-state index in [2.05, 4.69) is 11.9 Å². The Balaban J connectivity index is 2.34. The van der Waals surface area contributed by atoms with Crippen LogP contribution >= 0.6 is 0 Å². The van der Waals surface area contributed by atoms with Gasteiger partial charge in [-0.3, -0.25) is 9.78 Å². The van der Waals surface area contributed by atoms with Crippen LogP contribution in [0.4, 0.5) is 0 Å². The lowest BCUT2D eigenvalue weighted by atomic mass is 10.1. The highest BCUT2D eigenvalue weighted by atomic mass is 16.1. The molecule has 80 valence electrons. The molecule has 0 aliphatic heterocycles. The molecule has 0 aliphatic carbocycles. The van der Waals surface area contributed by atoms with Gasteiger partial charge >= 0.3 is 0 Å². The zero-order valence-electron chi connectivity index (χ0n) is 9.15. The number of allylic oxidation sites excluding steroid dienone is 1. The summed E-state index contributed by atoms with van der Waals surface area (Å²) < 4.78 is 0.